The molecular formula is C16H18N2O5S. The first-order chi connectivity index (χ1) is 11.4. The Hall–Kier alpha value is -2.45. The van der Waals surface area contributed by atoms with Gasteiger partial charge in [-0.15, -0.1) is 11.3 Å². The van der Waals surface area contributed by atoms with Crippen molar-refractivity contribution in [2.75, 3.05) is 20.8 Å². The number of benzene rings is 1. The van der Waals surface area contributed by atoms with Crippen molar-refractivity contribution in [1.29, 1.82) is 0 Å². The van der Waals surface area contributed by atoms with E-state index in [1.54, 1.807) is 19.2 Å². The number of nitrogens with zero attached hydrogens (tertiary/aromatic N) is 1. The summed E-state index contributed by atoms with van der Waals surface area (Å²) >= 11 is 1.18. The summed E-state index contributed by atoms with van der Waals surface area (Å²) in [7, 11) is 2.96. The van der Waals surface area contributed by atoms with E-state index in [4.69, 9.17) is 9.47 Å². The molecule has 0 fully saturated rings. The fourth-order valence-electron chi connectivity index (χ4n) is 2.00. The van der Waals surface area contributed by atoms with Gasteiger partial charge in [0.25, 0.3) is 5.91 Å². The van der Waals surface area contributed by atoms with Crippen LogP contribution in [0.1, 0.15) is 16.6 Å². The Bertz CT molecular complexity index is 728. The maximum Gasteiger partial charge on any atom is 0.331 e. The van der Waals surface area contributed by atoms with Crippen LogP contribution in [0, 0.1) is 0 Å². The average Bonchev–Trinajstić information content (AvgIpc) is 3.05. The molecule has 1 unspecified atom stereocenters. The highest BCUT2D eigenvalue weighted by Crippen LogP contribution is 2.27. The van der Waals surface area contributed by atoms with E-state index in [2.05, 4.69) is 10.3 Å². The molecule has 1 amide bonds. The lowest BCUT2D eigenvalue weighted by molar-refractivity contribution is -0.145. The molecule has 0 saturated carbocycles. The smallest absolute Gasteiger partial charge is 0.331 e. The molecule has 1 aromatic heterocycles. The summed E-state index contributed by atoms with van der Waals surface area (Å²) < 4.78 is 9.98. The number of hydrogen-bond donors (Lipinski definition) is 2. The van der Waals surface area contributed by atoms with Gasteiger partial charge in [0.2, 0.25) is 0 Å². The predicted octanol–water partition coefficient (Wildman–Crippen LogP) is 2.04. The van der Waals surface area contributed by atoms with Crippen LogP contribution in [-0.2, 0) is 9.53 Å². The van der Waals surface area contributed by atoms with Gasteiger partial charge in [-0.3, -0.25) is 4.79 Å². The van der Waals surface area contributed by atoms with Crippen molar-refractivity contribution in [1.82, 2.24) is 10.3 Å². The predicted molar refractivity (Wildman–Crippen MR) is 89.5 cm³/mol. The van der Waals surface area contributed by atoms with Crippen molar-refractivity contribution in [3.63, 3.8) is 0 Å². The zero-order valence-corrected chi connectivity index (χ0v) is 14.3. The van der Waals surface area contributed by atoms with Crippen LogP contribution < -0.4 is 10.1 Å². The molecule has 0 radical (unpaired) electrons. The summed E-state index contributed by atoms with van der Waals surface area (Å²) in [5.41, 5.74) is -0.659. The Kier molecular flexibility index (Phi) is 5.53. The van der Waals surface area contributed by atoms with Crippen molar-refractivity contribution in [3.8, 4) is 16.3 Å². The maximum atomic E-state index is 12.3. The first kappa shape index (κ1) is 17.9. The van der Waals surface area contributed by atoms with E-state index in [-0.39, 0.29) is 6.61 Å². The zero-order chi connectivity index (χ0) is 17.7. The molecule has 2 rings (SSSR count). The van der Waals surface area contributed by atoms with Gasteiger partial charge in [-0.25, -0.2) is 9.78 Å². The van der Waals surface area contributed by atoms with Crippen LogP contribution >= 0.6 is 11.3 Å². The van der Waals surface area contributed by atoms with E-state index in [9.17, 15) is 14.7 Å². The second kappa shape index (κ2) is 7.41. The van der Waals surface area contributed by atoms with Crippen LogP contribution in [-0.4, -0.2) is 48.3 Å². The number of methoxy groups -OCH3 is 2. The number of nitrogens with one attached hydrogen (secondary N) is 1. The molecule has 0 spiro atoms. The molecule has 7 nitrogen and oxygen atoms in total. The van der Waals surface area contributed by atoms with E-state index in [0.717, 1.165) is 11.3 Å². The lowest BCUT2D eigenvalue weighted by Gasteiger charge is -2.24. The topological polar surface area (TPSA) is 97.8 Å². The van der Waals surface area contributed by atoms with E-state index in [0.29, 0.717) is 9.88 Å². The van der Waals surface area contributed by atoms with Gasteiger partial charge >= 0.3 is 5.97 Å². The number of aromatic nitrogens is 1. The Morgan fingerprint density at radius 3 is 2.50 bits per heavy atom. The Morgan fingerprint density at radius 1 is 1.29 bits per heavy atom. The molecule has 0 aliphatic heterocycles. The fourth-order valence-corrected chi connectivity index (χ4v) is 2.82. The molecule has 8 heteroatoms. The maximum absolute atomic E-state index is 12.3. The second-order valence-corrected chi connectivity index (χ2v) is 6.31. The molecular weight excluding hydrogens is 332 g/mol. The van der Waals surface area contributed by atoms with Gasteiger partial charge in [-0.2, -0.15) is 0 Å². The minimum atomic E-state index is -1.50. The lowest BCUT2D eigenvalue weighted by atomic mass is 10.0. The van der Waals surface area contributed by atoms with Gasteiger partial charge in [0.1, 0.15) is 15.6 Å². The standard InChI is InChI=1S/C16H18N2O5S/c1-16(9-22-2,15(20)21)18-13(19)12-8-17-14(24-12)10-4-6-11(23-3)7-5-10/h4-8H,9H2,1-3H3,(H,18,19)(H,20,21). The monoisotopic (exact) mass is 350 g/mol. The van der Waals surface area contributed by atoms with Gasteiger partial charge in [0.15, 0.2) is 5.54 Å². The van der Waals surface area contributed by atoms with Gasteiger partial charge in [0.05, 0.1) is 19.9 Å². The number of carboxylic acid groups (broad SMARTS) is 1. The first-order valence-electron chi connectivity index (χ1n) is 7.04. The highest BCUT2D eigenvalue weighted by atomic mass is 32.1. The molecule has 24 heavy (non-hydrogen) atoms. The van der Waals surface area contributed by atoms with Gasteiger partial charge in [-0.05, 0) is 31.2 Å². The third-order valence-corrected chi connectivity index (χ3v) is 4.41. The van der Waals surface area contributed by atoms with Gasteiger partial charge < -0.3 is 19.9 Å². The van der Waals surface area contributed by atoms with Crippen LogP contribution in [0.5, 0.6) is 5.75 Å². The average molecular weight is 350 g/mol. The molecule has 0 aliphatic rings. The van der Waals surface area contributed by atoms with Gasteiger partial charge in [0, 0.05) is 12.7 Å². The van der Waals surface area contributed by atoms with E-state index >= 15 is 0 Å². The van der Waals surface area contributed by atoms with Crippen molar-refractivity contribution < 1.29 is 24.2 Å². The number of carbonyl (C=O) groups is 2. The normalized spacial score (nSPS) is 13.1. The van der Waals surface area contributed by atoms with Crippen molar-refractivity contribution >= 4 is 23.2 Å². The number of rotatable bonds is 7. The first-order valence-corrected chi connectivity index (χ1v) is 7.86. The van der Waals surface area contributed by atoms with Crippen molar-refractivity contribution in [2.45, 2.75) is 12.5 Å². The third-order valence-electron chi connectivity index (χ3n) is 3.36. The Morgan fingerprint density at radius 2 is 1.96 bits per heavy atom. The number of amides is 1. The third kappa shape index (κ3) is 3.90. The minimum Gasteiger partial charge on any atom is -0.497 e. The number of hydrogen-bond acceptors (Lipinski definition) is 6. The summed E-state index contributed by atoms with van der Waals surface area (Å²) in [6.45, 7) is 1.25. The van der Waals surface area contributed by atoms with E-state index < -0.39 is 17.4 Å². The van der Waals surface area contributed by atoms with Crippen LogP contribution in [0.4, 0.5) is 0 Å². The number of carbonyl (C=O) groups excluding carboxylic acids is 1. The number of thiazole rings is 1. The molecule has 0 saturated heterocycles. The second-order valence-electron chi connectivity index (χ2n) is 5.28. The SMILES string of the molecule is COCC(C)(NC(=O)c1cnc(-c2ccc(OC)cc2)s1)C(=O)O. The summed E-state index contributed by atoms with van der Waals surface area (Å²) in [6.07, 6.45) is 1.43. The molecule has 2 N–H and O–H groups in total. The summed E-state index contributed by atoms with van der Waals surface area (Å²) in [5.74, 6) is -0.947. The lowest BCUT2D eigenvalue weighted by Crippen LogP contribution is -2.55. The van der Waals surface area contributed by atoms with Crippen molar-refractivity contribution in [3.05, 3.63) is 35.3 Å². The fraction of sp³-hybridized carbons (Fsp3) is 0.312. The number of aliphatic carboxylic acids is 1. The van der Waals surface area contributed by atoms with Gasteiger partial charge in [-0.1, -0.05) is 0 Å². The number of carboxylic acids is 1. The molecule has 0 aliphatic carbocycles. The van der Waals surface area contributed by atoms with E-state index in [1.807, 2.05) is 12.1 Å². The molecule has 1 aromatic carbocycles. The van der Waals surface area contributed by atoms with E-state index in [1.165, 1.54) is 31.6 Å². The Balaban J connectivity index is 2.17. The summed E-state index contributed by atoms with van der Waals surface area (Å²) in [4.78, 5) is 28.2. The van der Waals surface area contributed by atoms with Crippen LogP contribution in [0.15, 0.2) is 30.5 Å². The molecule has 2 aromatic rings. The highest BCUT2D eigenvalue weighted by molar-refractivity contribution is 7.16. The molecule has 1 atom stereocenters. The summed E-state index contributed by atoms with van der Waals surface area (Å²) in [6, 6.07) is 7.28. The van der Waals surface area contributed by atoms with Crippen LogP contribution in [0.3, 0.4) is 0 Å². The largest absolute Gasteiger partial charge is 0.497 e. The quantitative estimate of drug-likeness (QED) is 0.793. The molecule has 0 bridgehead atoms. The number of ether oxygens (including phenoxy) is 2. The molecule has 128 valence electrons. The highest BCUT2D eigenvalue weighted by Gasteiger charge is 2.35. The zero-order valence-electron chi connectivity index (χ0n) is 13.5. The van der Waals surface area contributed by atoms with Crippen LogP contribution in [0.25, 0.3) is 10.6 Å². The Labute approximate surface area is 143 Å². The van der Waals surface area contributed by atoms with Crippen molar-refractivity contribution in [2.24, 2.45) is 0 Å². The van der Waals surface area contributed by atoms with Crippen LogP contribution in [0.2, 0.25) is 0 Å². The minimum absolute atomic E-state index is 0.141. The summed E-state index contributed by atoms with van der Waals surface area (Å²) in [5, 5.41) is 12.4. The molecule has 1 heterocycles.